The number of hydrogen-bond donors (Lipinski definition) is 1. The van der Waals surface area contributed by atoms with E-state index in [1.807, 2.05) is 31.2 Å². The van der Waals surface area contributed by atoms with Crippen molar-refractivity contribution in [1.29, 1.82) is 0 Å². The minimum Gasteiger partial charge on any atom is -0.481 e. The zero-order valence-electron chi connectivity index (χ0n) is 11.2. The molecule has 1 amide bonds. The third-order valence-corrected chi connectivity index (χ3v) is 2.94. The van der Waals surface area contributed by atoms with Crippen molar-refractivity contribution in [3.05, 3.63) is 29.8 Å². The molecule has 98 valence electrons. The van der Waals surface area contributed by atoms with Crippen LogP contribution in [-0.2, 0) is 9.59 Å². The lowest BCUT2D eigenvalue weighted by Crippen LogP contribution is -2.34. The van der Waals surface area contributed by atoms with Gasteiger partial charge in [0.1, 0.15) is 0 Å². The molecular weight excluding hydrogens is 230 g/mol. The van der Waals surface area contributed by atoms with Crippen molar-refractivity contribution in [3.8, 4) is 0 Å². The van der Waals surface area contributed by atoms with Gasteiger partial charge in [0.25, 0.3) is 0 Å². The Kier molecular flexibility index (Phi) is 4.11. The molecule has 4 heteroatoms. The standard InChI is InChI=1S/C14H19NO3/c1-10-6-5-7-11(8-10)15(4)12(16)9-14(2,3)13(17)18/h5-8H,9H2,1-4H3,(H,17,18). The molecule has 0 aliphatic carbocycles. The van der Waals surface area contributed by atoms with Crippen LogP contribution in [0.1, 0.15) is 25.8 Å². The van der Waals surface area contributed by atoms with Crippen molar-refractivity contribution < 1.29 is 14.7 Å². The topological polar surface area (TPSA) is 57.6 Å². The number of nitrogens with zero attached hydrogens (tertiary/aromatic N) is 1. The first-order valence-corrected chi connectivity index (χ1v) is 5.80. The fourth-order valence-electron chi connectivity index (χ4n) is 1.55. The van der Waals surface area contributed by atoms with Crippen molar-refractivity contribution in [2.75, 3.05) is 11.9 Å². The Morgan fingerprint density at radius 2 is 1.94 bits per heavy atom. The van der Waals surface area contributed by atoms with Crippen LogP contribution in [0.15, 0.2) is 24.3 Å². The lowest BCUT2D eigenvalue weighted by atomic mass is 9.89. The number of amides is 1. The highest BCUT2D eigenvalue weighted by molar-refractivity contribution is 5.95. The second-order valence-electron chi connectivity index (χ2n) is 5.16. The molecule has 0 saturated heterocycles. The quantitative estimate of drug-likeness (QED) is 0.891. The molecule has 1 rings (SSSR count). The van der Waals surface area contributed by atoms with Gasteiger partial charge in [0.15, 0.2) is 0 Å². The first-order chi connectivity index (χ1) is 8.24. The maximum atomic E-state index is 12.0. The van der Waals surface area contributed by atoms with Crippen LogP contribution in [0.3, 0.4) is 0 Å². The number of benzene rings is 1. The van der Waals surface area contributed by atoms with Gasteiger partial charge in [0, 0.05) is 19.2 Å². The first-order valence-electron chi connectivity index (χ1n) is 5.80. The molecule has 0 spiro atoms. The summed E-state index contributed by atoms with van der Waals surface area (Å²) in [7, 11) is 1.66. The monoisotopic (exact) mass is 249 g/mol. The zero-order chi connectivity index (χ0) is 13.9. The van der Waals surface area contributed by atoms with E-state index in [2.05, 4.69) is 0 Å². The number of rotatable bonds is 4. The van der Waals surface area contributed by atoms with Gasteiger partial charge >= 0.3 is 5.97 Å². The summed E-state index contributed by atoms with van der Waals surface area (Å²) in [5.41, 5.74) is 0.792. The van der Waals surface area contributed by atoms with E-state index in [0.717, 1.165) is 11.3 Å². The highest BCUT2D eigenvalue weighted by atomic mass is 16.4. The van der Waals surface area contributed by atoms with Gasteiger partial charge in [-0.15, -0.1) is 0 Å². The summed E-state index contributed by atoms with van der Waals surface area (Å²) < 4.78 is 0. The molecule has 0 bridgehead atoms. The molecule has 0 aromatic heterocycles. The Morgan fingerprint density at radius 3 is 2.44 bits per heavy atom. The Balaban J connectivity index is 2.82. The summed E-state index contributed by atoms with van der Waals surface area (Å²) in [5, 5.41) is 9.02. The van der Waals surface area contributed by atoms with Crippen LogP contribution in [0.5, 0.6) is 0 Å². The summed E-state index contributed by atoms with van der Waals surface area (Å²) >= 11 is 0. The minimum atomic E-state index is -1.05. The Bertz CT molecular complexity index is 466. The maximum Gasteiger partial charge on any atom is 0.309 e. The van der Waals surface area contributed by atoms with E-state index in [1.54, 1.807) is 20.9 Å². The van der Waals surface area contributed by atoms with Gasteiger partial charge in [-0.3, -0.25) is 9.59 Å². The number of carbonyl (C=O) groups is 2. The average molecular weight is 249 g/mol. The van der Waals surface area contributed by atoms with Crippen molar-refractivity contribution in [3.63, 3.8) is 0 Å². The number of hydrogen-bond acceptors (Lipinski definition) is 2. The minimum absolute atomic E-state index is 0.0211. The maximum absolute atomic E-state index is 12.0. The predicted molar refractivity (Wildman–Crippen MR) is 70.6 cm³/mol. The first kappa shape index (κ1) is 14.2. The Morgan fingerprint density at radius 1 is 1.33 bits per heavy atom. The van der Waals surface area contributed by atoms with Crippen molar-refractivity contribution in [1.82, 2.24) is 0 Å². The molecule has 0 radical (unpaired) electrons. The van der Waals surface area contributed by atoms with Crippen molar-refractivity contribution >= 4 is 17.6 Å². The average Bonchev–Trinajstić information content (AvgIpc) is 2.27. The number of carbonyl (C=O) groups excluding carboxylic acids is 1. The van der Waals surface area contributed by atoms with E-state index >= 15 is 0 Å². The second-order valence-corrected chi connectivity index (χ2v) is 5.16. The fraction of sp³-hybridized carbons (Fsp3) is 0.429. The second kappa shape index (κ2) is 5.21. The summed E-state index contributed by atoms with van der Waals surface area (Å²) in [5.74, 6) is -1.17. The Labute approximate surface area is 107 Å². The number of carboxylic acid groups (broad SMARTS) is 1. The highest BCUT2D eigenvalue weighted by Gasteiger charge is 2.31. The van der Waals surface area contributed by atoms with Crippen LogP contribution in [0, 0.1) is 12.3 Å². The molecule has 1 aromatic carbocycles. The molecule has 0 fully saturated rings. The van der Waals surface area contributed by atoms with E-state index in [4.69, 9.17) is 5.11 Å². The molecule has 1 aromatic rings. The van der Waals surface area contributed by atoms with Gasteiger partial charge in [-0.2, -0.15) is 0 Å². The van der Waals surface area contributed by atoms with E-state index in [0.29, 0.717) is 0 Å². The third kappa shape index (κ3) is 3.32. The predicted octanol–water partition coefficient (Wildman–Crippen LogP) is 2.46. The van der Waals surface area contributed by atoms with Gasteiger partial charge in [0.05, 0.1) is 5.41 Å². The normalized spacial score (nSPS) is 11.1. The summed E-state index contributed by atoms with van der Waals surface area (Å²) in [6, 6.07) is 7.55. The number of carboxylic acids is 1. The van der Waals surface area contributed by atoms with Crippen LogP contribution < -0.4 is 4.90 Å². The molecular formula is C14H19NO3. The molecule has 0 heterocycles. The van der Waals surface area contributed by atoms with Gasteiger partial charge in [-0.1, -0.05) is 12.1 Å². The molecule has 0 atom stereocenters. The van der Waals surface area contributed by atoms with E-state index in [-0.39, 0.29) is 12.3 Å². The summed E-state index contributed by atoms with van der Waals surface area (Å²) in [6.45, 7) is 5.05. The lowest BCUT2D eigenvalue weighted by Gasteiger charge is -2.23. The van der Waals surface area contributed by atoms with Crippen molar-refractivity contribution in [2.45, 2.75) is 27.2 Å². The largest absolute Gasteiger partial charge is 0.481 e. The number of aryl methyl sites for hydroxylation is 1. The van der Waals surface area contributed by atoms with Gasteiger partial charge in [-0.05, 0) is 38.5 Å². The van der Waals surface area contributed by atoms with Crippen molar-refractivity contribution in [2.24, 2.45) is 5.41 Å². The van der Waals surface area contributed by atoms with Crippen LogP contribution >= 0.6 is 0 Å². The van der Waals surface area contributed by atoms with Crippen LogP contribution in [0.2, 0.25) is 0 Å². The Hall–Kier alpha value is -1.84. The highest BCUT2D eigenvalue weighted by Crippen LogP contribution is 2.23. The zero-order valence-corrected chi connectivity index (χ0v) is 11.2. The molecule has 1 N–H and O–H groups in total. The lowest BCUT2D eigenvalue weighted by molar-refractivity contribution is -0.149. The fourth-order valence-corrected chi connectivity index (χ4v) is 1.55. The van der Waals surface area contributed by atoms with Gasteiger partial charge in [-0.25, -0.2) is 0 Å². The molecule has 18 heavy (non-hydrogen) atoms. The number of anilines is 1. The summed E-state index contributed by atoms with van der Waals surface area (Å²) in [4.78, 5) is 24.5. The molecule has 4 nitrogen and oxygen atoms in total. The van der Waals surface area contributed by atoms with Gasteiger partial charge in [0.2, 0.25) is 5.91 Å². The van der Waals surface area contributed by atoms with E-state index in [9.17, 15) is 9.59 Å². The van der Waals surface area contributed by atoms with Crippen LogP contribution in [0.25, 0.3) is 0 Å². The molecule has 0 unspecified atom stereocenters. The van der Waals surface area contributed by atoms with E-state index in [1.165, 1.54) is 4.90 Å². The van der Waals surface area contributed by atoms with Crippen LogP contribution in [-0.4, -0.2) is 24.0 Å². The number of aliphatic carboxylic acids is 1. The molecule has 0 aliphatic rings. The SMILES string of the molecule is Cc1cccc(N(C)C(=O)CC(C)(C)C(=O)O)c1. The smallest absolute Gasteiger partial charge is 0.309 e. The van der Waals surface area contributed by atoms with E-state index < -0.39 is 11.4 Å². The third-order valence-electron chi connectivity index (χ3n) is 2.94. The van der Waals surface area contributed by atoms with Crippen LogP contribution in [0.4, 0.5) is 5.69 Å². The molecule has 0 aliphatic heterocycles. The van der Waals surface area contributed by atoms with Gasteiger partial charge < -0.3 is 10.0 Å². The molecule has 0 saturated carbocycles. The summed E-state index contributed by atoms with van der Waals surface area (Å²) in [6.07, 6.45) is -0.0211.